The lowest BCUT2D eigenvalue weighted by molar-refractivity contribution is -0.360. The summed E-state index contributed by atoms with van der Waals surface area (Å²) in [7, 11) is 0. The summed E-state index contributed by atoms with van der Waals surface area (Å²) in [5.41, 5.74) is -0.466. The molecule has 8 heteroatoms. The zero-order valence-electron chi connectivity index (χ0n) is 14.2. The highest BCUT2D eigenvalue weighted by molar-refractivity contribution is 5.39. The molecule has 1 aromatic carbocycles. The maximum Gasteiger partial charge on any atom is 0.499 e. The van der Waals surface area contributed by atoms with Crippen molar-refractivity contribution < 1.29 is 31.8 Å². The average molecular weight is 387 g/mol. The number of halogens is 5. The van der Waals surface area contributed by atoms with E-state index >= 15 is 0 Å². The monoisotopic (exact) mass is 387 g/mol. The maximum absolute atomic E-state index is 13.1. The Morgan fingerprint density at radius 2 is 1.56 bits per heavy atom. The normalized spacial score (nSPS) is 18.3. The smallest absolute Gasteiger partial charge is 0.426 e. The van der Waals surface area contributed by atoms with Crippen LogP contribution in [0.4, 0.5) is 22.0 Å². The molecule has 0 spiro atoms. The maximum atomic E-state index is 13.1. The van der Waals surface area contributed by atoms with Crippen LogP contribution in [0.1, 0.15) is 36.8 Å². The minimum Gasteiger partial charge on any atom is -0.426 e. The molecule has 146 valence electrons. The van der Waals surface area contributed by atoms with Crippen LogP contribution < -0.4 is 4.74 Å². The van der Waals surface area contributed by atoms with E-state index in [0.717, 1.165) is 37.8 Å². The molecule has 1 N–H and O–H groups in total. The highest BCUT2D eigenvalue weighted by Crippen LogP contribution is 2.45. The molecular formula is C19H18F5NO2. The quantitative estimate of drug-likeness (QED) is 0.731. The molecule has 2 aromatic rings. The third-order valence-electron chi connectivity index (χ3n) is 4.92. The molecule has 0 amide bonds. The van der Waals surface area contributed by atoms with Crippen LogP contribution in [-0.4, -0.2) is 22.4 Å². The molecule has 1 saturated carbocycles. The van der Waals surface area contributed by atoms with Gasteiger partial charge in [0.25, 0.3) is 0 Å². The number of aliphatic hydroxyl groups is 1. The highest BCUT2D eigenvalue weighted by Gasteiger charge is 2.61. The van der Waals surface area contributed by atoms with Crippen molar-refractivity contribution in [3.05, 3.63) is 59.9 Å². The fraction of sp³-hybridized carbons (Fsp3) is 0.421. The number of benzene rings is 1. The predicted octanol–water partition coefficient (Wildman–Crippen LogP) is 5.04. The van der Waals surface area contributed by atoms with Gasteiger partial charge in [0.15, 0.2) is 0 Å². The van der Waals surface area contributed by atoms with Crippen molar-refractivity contribution in [3.8, 4) is 5.75 Å². The molecule has 0 aliphatic heterocycles. The van der Waals surface area contributed by atoms with Gasteiger partial charge in [-0.1, -0.05) is 31.0 Å². The Bertz CT molecular complexity index is 758. The molecule has 1 fully saturated rings. The van der Waals surface area contributed by atoms with Crippen molar-refractivity contribution in [2.24, 2.45) is 5.92 Å². The van der Waals surface area contributed by atoms with E-state index < -0.39 is 23.6 Å². The van der Waals surface area contributed by atoms with E-state index in [2.05, 4.69) is 9.72 Å². The first kappa shape index (κ1) is 19.5. The third-order valence-corrected chi connectivity index (χ3v) is 4.92. The second-order valence-corrected chi connectivity index (χ2v) is 6.63. The molecule has 1 heterocycles. The van der Waals surface area contributed by atoms with E-state index in [-0.39, 0.29) is 5.92 Å². The number of rotatable bonds is 5. The molecule has 0 radical (unpaired) electrons. The largest absolute Gasteiger partial charge is 0.499 e. The molecule has 3 nitrogen and oxygen atoms in total. The van der Waals surface area contributed by atoms with Crippen molar-refractivity contribution in [1.29, 1.82) is 0 Å². The molecule has 1 aliphatic rings. The topological polar surface area (TPSA) is 42.4 Å². The number of aromatic nitrogens is 1. The van der Waals surface area contributed by atoms with Crippen molar-refractivity contribution in [3.63, 3.8) is 0 Å². The number of pyridine rings is 1. The zero-order valence-corrected chi connectivity index (χ0v) is 14.2. The zero-order chi connectivity index (χ0) is 19.7. The molecule has 1 atom stereocenters. The van der Waals surface area contributed by atoms with E-state index in [9.17, 15) is 27.1 Å². The highest BCUT2D eigenvalue weighted by atomic mass is 19.4. The van der Waals surface area contributed by atoms with E-state index in [1.807, 2.05) is 0 Å². The van der Waals surface area contributed by atoms with Gasteiger partial charge in [0.1, 0.15) is 11.4 Å². The second kappa shape index (κ2) is 7.07. The van der Waals surface area contributed by atoms with Gasteiger partial charge in [0, 0.05) is 18.0 Å². The van der Waals surface area contributed by atoms with Crippen molar-refractivity contribution in [1.82, 2.24) is 4.98 Å². The van der Waals surface area contributed by atoms with Crippen molar-refractivity contribution >= 4 is 0 Å². The molecule has 0 saturated heterocycles. The lowest BCUT2D eigenvalue weighted by atomic mass is 9.76. The van der Waals surface area contributed by atoms with Gasteiger partial charge in [-0.25, -0.2) is 0 Å². The van der Waals surface area contributed by atoms with Crippen LogP contribution in [0.25, 0.3) is 0 Å². The van der Waals surface area contributed by atoms with Gasteiger partial charge in [-0.15, -0.1) is 0 Å². The van der Waals surface area contributed by atoms with Crippen LogP contribution in [0.3, 0.4) is 0 Å². The van der Waals surface area contributed by atoms with Gasteiger partial charge in [0.2, 0.25) is 0 Å². The molecule has 1 aliphatic carbocycles. The Morgan fingerprint density at radius 1 is 0.926 bits per heavy atom. The van der Waals surface area contributed by atoms with Gasteiger partial charge < -0.3 is 9.84 Å². The predicted molar refractivity (Wildman–Crippen MR) is 87.3 cm³/mol. The van der Waals surface area contributed by atoms with Gasteiger partial charge in [0.05, 0.1) is 0 Å². The van der Waals surface area contributed by atoms with Crippen LogP contribution in [0, 0.1) is 5.92 Å². The summed E-state index contributed by atoms with van der Waals surface area (Å²) >= 11 is 0. The van der Waals surface area contributed by atoms with Crippen LogP contribution in [-0.2, 0) is 5.60 Å². The van der Waals surface area contributed by atoms with E-state index in [0.29, 0.717) is 11.1 Å². The van der Waals surface area contributed by atoms with Crippen LogP contribution in [0.2, 0.25) is 0 Å². The van der Waals surface area contributed by atoms with Crippen molar-refractivity contribution in [2.75, 3.05) is 0 Å². The average Bonchev–Trinajstić information content (AvgIpc) is 3.16. The Balaban J connectivity index is 1.93. The molecule has 1 unspecified atom stereocenters. The number of ether oxygens (including phenoxy) is 1. The SMILES string of the molecule is OC(c1ccc(OC(F)(F)C(F)(F)F)cc1)(c1cccnc1)C1CCCC1. The Hall–Kier alpha value is -2.22. The van der Waals surface area contributed by atoms with Gasteiger partial charge in [-0.2, -0.15) is 22.0 Å². The summed E-state index contributed by atoms with van der Waals surface area (Å²) in [5.74, 6) is -0.744. The van der Waals surface area contributed by atoms with Crippen LogP contribution in [0.15, 0.2) is 48.8 Å². The molecule has 0 bridgehead atoms. The molecular weight excluding hydrogens is 369 g/mol. The number of hydrogen-bond donors (Lipinski definition) is 1. The lowest BCUT2D eigenvalue weighted by Gasteiger charge is -2.35. The Labute approximate surface area is 152 Å². The summed E-state index contributed by atoms with van der Waals surface area (Å²) in [4.78, 5) is 4.03. The van der Waals surface area contributed by atoms with E-state index in [4.69, 9.17) is 0 Å². The lowest BCUT2D eigenvalue weighted by Crippen LogP contribution is -2.41. The van der Waals surface area contributed by atoms with Crippen LogP contribution in [0.5, 0.6) is 5.75 Å². The number of nitrogens with zero attached hydrogens (tertiary/aromatic N) is 1. The molecule has 27 heavy (non-hydrogen) atoms. The van der Waals surface area contributed by atoms with E-state index in [1.165, 1.54) is 18.3 Å². The first-order valence-electron chi connectivity index (χ1n) is 8.51. The van der Waals surface area contributed by atoms with E-state index in [1.54, 1.807) is 18.3 Å². The summed E-state index contributed by atoms with van der Waals surface area (Å²) in [6, 6.07) is 8.03. The van der Waals surface area contributed by atoms with Gasteiger partial charge >= 0.3 is 12.3 Å². The fourth-order valence-electron chi connectivity index (χ4n) is 3.55. The number of alkyl halides is 5. The fourth-order valence-corrected chi connectivity index (χ4v) is 3.55. The number of hydrogen-bond acceptors (Lipinski definition) is 3. The molecule has 3 rings (SSSR count). The summed E-state index contributed by atoms with van der Waals surface area (Å²) in [6.07, 6.45) is -4.56. The summed E-state index contributed by atoms with van der Waals surface area (Å²) < 4.78 is 66.8. The molecule has 1 aromatic heterocycles. The standard InChI is InChI=1S/C19H18F5NO2/c20-18(21,22)19(23,24)27-16-9-7-14(8-10-16)17(26,13-4-1-2-5-13)15-6-3-11-25-12-15/h3,6-13,26H,1-2,4-5H2. The minimum atomic E-state index is -5.81. The first-order chi connectivity index (χ1) is 12.6. The summed E-state index contributed by atoms with van der Waals surface area (Å²) in [5, 5.41) is 11.5. The van der Waals surface area contributed by atoms with Crippen molar-refractivity contribution in [2.45, 2.75) is 43.6 Å². The Kier molecular flexibility index (Phi) is 5.12. The van der Waals surface area contributed by atoms with Gasteiger partial charge in [-0.3, -0.25) is 4.98 Å². The second-order valence-electron chi connectivity index (χ2n) is 6.63. The summed E-state index contributed by atoms with van der Waals surface area (Å²) in [6.45, 7) is 0. The van der Waals surface area contributed by atoms with Crippen LogP contribution >= 0.6 is 0 Å². The first-order valence-corrected chi connectivity index (χ1v) is 8.51. The minimum absolute atomic E-state index is 0.106. The third kappa shape index (κ3) is 3.76. The van der Waals surface area contributed by atoms with Gasteiger partial charge in [-0.05, 0) is 42.5 Å². The Morgan fingerprint density at radius 3 is 2.07 bits per heavy atom.